The van der Waals surface area contributed by atoms with E-state index in [1.54, 1.807) is 16.7 Å². The Balaban J connectivity index is 3.15. The van der Waals surface area contributed by atoms with Gasteiger partial charge in [0.25, 0.3) is 0 Å². The lowest BCUT2D eigenvalue weighted by atomic mass is 9.62. The van der Waals surface area contributed by atoms with Crippen LogP contribution >= 0.6 is 0 Å². The Bertz CT molecular complexity index is 961. The van der Waals surface area contributed by atoms with E-state index in [0.29, 0.717) is 5.92 Å². The van der Waals surface area contributed by atoms with Crippen LogP contribution in [0.25, 0.3) is 0 Å². The fraction of sp³-hybridized carbons (Fsp3) is 0.657. The van der Waals surface area contributed by atoms with E-state index in [1.807, 2.05) is 0 Å². The third-order valence-electron chi connectivity index (χ3n) is 7.42. The van der Waals surface area contributed by atoms with E-state index in [2.05, 4.69) is 141 Å². The van der Waals surface area contributed by atoms with Gasteiger partial charge in [-0.25, -0.2) is 0 Å². The quantitative estimate of drug-likeness (QED) is 0.413. The molecule has 0 aliphatic carbocycles. The second-order valence-electron chi connectivity index (χ2n) is 16.0. The molecule has 2 aromatic carbocycles. The predicted octanol–water partition coefficient (Wildman–Crippen LogP) is 10.7. The van der Waals surface area contributed by atoms with Crippen molar-refractivity contribution in [2.24, 2.45) is 0 Å². The maximum Gasteiger partial charge on any atom is 0.00928 e. The summed E-state index contributed by atoms with van der Waals surface area (Å²) in [7, 11) is 0. The average molecular weight is 477 g/mol. The van der Waals surface area contributed by atoms with Gasteiger partial charge in [-0.2, -0.15) is 0 Å². The van der Waals surface area contributed by atoms with Crippen LogP contribution in [0.3, 0.4) is 0 Å². The molecular formula is C35H56. The van der Waals surface area contributed by atoms with Gasteiger partial charge in [0, 0.05) is 5.92 Å². The molecule has 0 radical (unpaired) electrons. The van der Waals surface area contributed by atoms with Gasteiger partial charge < -0.3 is 0 Å². The summed E-state index contributed by atoms with van der Waals surface area (Å²) in [6, 6.07) is 12.1. The standard InChI is InChI=1S/C35H56/c1-17-25(23-18-20-24(21-19-23)31(2,3)4)28-29(34(11,12)13)26(32(5,6)7)22-27(33(8,9)10)30(28)35(14,15)16/h18-22,25H,17H2,1-16H3. The normalized spacial score (nSPS) is 14.9. The first-order valence-electron chi connectivity index (χ1n) is 13.8. The fourth-order valence-electron chi connectivity index (χ4n) is 5.67. The molecule has 0 aromatic heterocycles. The third-order valence-corrected chi connectivity index (χ3v) is 7.42. The SMILES string of the molecule is CCC(c1ccc(C(C)(C)C)cc1)c1c(C(C)(C)C)c(C(C)(C)C)cc(C(C)(C)C)c1C(C)(C)C. The monoisotopic (exact) mass is 476 g/mol. The smallest absolute Gasteiger partial charge is 0.00928 e. The van der Waals surface area contributed by atoms with Gasteiger partial charge in [0.2, 0.25) is 0 Å². The maximum atomic E-state index is 2.58. The maximum absolute atomic E-state index is 2.58. The molecule has 0 saturated heterocycles. The number of hydrogen-bond donors (Lipinski definition) is 0. The Labute approximate surface area is 219 Å². The van der Waals surface area contributed by atoms with E-state index in [1.165, 1.54) is 22.3 Å². The highest BCUT2D eigenvalue weighted by atomic mass is 14.4. The van der Waals surface area contributed by atoms with E-state index in [4.69, 9.17) is 0 Å². The summed E-state index contributed by atoms with van der Waals surface area (Å²) in [5.41, 5.74) is 11.0. The van der Waals surface area contributed by atoms with Crippen molar-refractivity contribution < 1.29 is 0 Å². The summed E-state index contributed by atoms with van der Waals surface area (Å²) in [6.07, 6.45) is 1.10. The second kappa shape index (κ2) is 9.39. The van der Waals surface area contributed by atoms with Crippen LogP contribution in [0.5, 0.6) is 0 Å². The summed E-state index contributed by atoms with van der Waals surface area (Å²) in [4.78, 5) is 0. The Morgan fingerprint density at radius 1 is 0.514 bits per heavy atom. The zero-order valence-electron chi connectivity index (χ0n) is 26.2. The van der Waals surface area contributed by atoms with Crippen molar-refractivity contribution in [3.05, 3.63) is 69.3 Å². The van der Waals surface area contributed by atoms with E-state index >= 15 is 0 Å². The van der Waals surface area contributed by atoms with Crippen molar-refractivity contribution in [3.63, 3.8) is 0 Å². The van der Waals surface area contributed by atoms with Crippen molar-refractivity contribution in [1.82, 2.24) is 0 Å². The molecule has 0 amide bonds. The Morgan fingerprint density at radius 3 is 1.14 bits per heavy atom. The minimum atomic E-state index is 0.0487. The summed E-state index contributed by atoms with van der Waals surface area (Å²) in [5, 5.41) is 0. The minimum Gasteiger partial charge on any atom is -0.0645 e. The number of hydrogen-bond acceptors (Lipinski definition) is 0. The van der Waals surface area contributed by atoms with Crippen LogP contribution in [0.15, 0.2) is 30.3 Å². The molecule has 0 heterocycles. The van der Waals surface area contributed by atoms with Crippen LogP contribution in [0.1, 0.15) is 162 Å². The van der Waals surface area contributed by atoms with Crippen molar-refractivity contribution >= 4 is 0 Å². The van der Waals surface area contributed by atoms with Gasteiger partial charge in [-0.3, -0.25) is 0 Å². The lowest BCUT2D eigenvalue weighted by molar-refractivity contribution is 0.485. The van der Waals surface area contributed by atoms with Gasteiger partial charge in [0.05, 0.1) is 0 Å². The first-order valence-corrected chi connectivity index (χ1v) is 13.8. The van der Waals surface area contributed by atoms with Gasteiger partial charge in [0.15, 0.2) is 0 Å². The number of benzene rings is 2. The van der Waals surface area contributed by atoms with E-state index in [-0.39, 0.29) is 27.1 Å². The van der Waals surface area contributed by atoms with Crippen LogP contribution in [0.4, 0.5) is 0 Å². The van der Waals surface area contributed by atoms with Gasteiger partial charge in [-0.05, 0) is 72.4 Å². The van der Waals surface area contributed by atoms with Crippen molar-refractivity contribution in [2.75, 3.05) is 0 Å². The lowest BCUT2D eigenvalue weighted by Crippen LogP contribution is -2.32. The van der Waals surface area contributed by atoms with Gasteiger partial charge in [0.1, 0.15) is 0 Å². The van der Waals surface area contributed by atoms with E-state index in [9.17, 15) is 0 Å². The molecule has 0 fully saturated rings. The highest BCUT2D eigenvalue weighted by molar-refractivity contribution is 5.59. The molecule has 0 bridgehead atoms. The molecule has 35 heavy (non-hydrogen) atoms. The molecule has 0 aliphatic rings. The van der Waals surface area contributed by atoms with E-state index in [0.717, 1.165) is 6.42 Å². The van der Waals surface area contributed by atoms with Crippen molar-refractivity contribution in [1.29, 1.82) is 0 Å². The van der Waals surface area contributed by atoms with Crippen LogP contribution in [0, 0.1) is 0 Å². The lowest BCUT2D eigenvalue weighted by Gasteiger charge is -2.42. The zero-order chi connectivity index (χ0) is 27.4. The highest BCUT2D eigenvalue weighted by Crippen LogP contribution is 2.49. The Morgan fingerprint density at radius 2 is 0.886 bits per heavy atom. The van der Waals surface area contributed by atoms with Gasteiger partial charge in [-0.15, -0.1) is 0 Å². The van der Waals surface area contributed by atoms with Crippen molar-refractivity contribution in [2.45, 2.75) is 150 Å². The predicted molar refractivity (Wildman–Crippen MR) is 159 cm³/mol. The van der Waals surface area contributed by atoms with Crippen LogP contribution in [-0.2, 0) is 27.1 Å². The average Bonchev–Trinajstić information content (AvgIpc) is 2.64. The topological polar surface area (TPSA) is 0 Å². The molecule has 0 aliphatic heterocycles. The molecule has 1 atom stereocenters. The number of rotatable bonds is 3. The zero-order valence-corrected chi connectivity index (χ0v) is 26.2. The summed E-state index contributed by atoms with van der Waals surface area (Å²) >= 11 is 0. The molecule has 2 rings (SSSR count). The first kappa shape index (κ1) is 29.7. The largest absolute Gasteiger partial charge is 0.0645 e. The summed E-state index contributed by atoms with van der Waals surface area (Å²) in [5.74, 6) is 0.371. The molecule has 2 aromatic rings. The van der Waals surface area contributed by atoms with E-state index < -0.39 is 0 Å². The second-order valence-corrected chi connectivity index (χ2v) is 16.0. The first-order chi connectivity index (χ1) is 15.5. The van der Waals surface area contributed by atoms with Crippen LogP contribution in [0.2, 0.25) is 0 Å². The molecule has 196 valence electrons. The van der Waals surface area contributed by atoms with Gasteiger partial charge in [-0.1, -0.05) is 141 Å². The summed E-state index contributed by atoms with van der Waals surface area (Å²) in [6.45, 7) is 38.1. The minimum absolute atomic E-state index is 0.0487. The van der Waals surface area contributed by atoms with Crippen LogP contribution in [-0.4, -0.2) is 0 Å². The highest BCUT2D eigenvalue weighted by Gasteiger charge is 2.38. The molecule has 1 unspecified atom stereocenters. The van der Waals surface area contributed by atoms with Crippen molar-refractivity contribution in [3.8, 4) is 0 Å². The van der Waals surface area contributed by atoms with Crippen LogP contribution < -0.4 is 0 Å². The molecule has 0 heteroatoms. The molecule has 0 saturated carbocycles. The Kier molecular flexibility index (Phi) is 7.96. The molecule has 0 nitrogen and oxygen atoms in total. The molecular weight excluding hydrogens is 420 g/mol. The third kappa shape index (κ3) is 6.42. The Hall–Kier alpha value is -1.56. The summed E-state index contributed by atoms with van der Waals surface area (Å²) < 4.78 is 0. The fourth-order valence-corrected chi connectivity index (χ4v) is 5.67. The van der Waals surface area contributed by atoms with Gasteiger partial charge >= 0.3 is 0 Å². The molecule has 0 spiro atoms. The molecule has 0 N–H and O–H groups in total.